The third-order valence-corrected chi connectivity index (χ3v) is 25.3. The Morgan fingerprint density at radius 3 is 1.29 bits per heavy atom. The highest BCUT2D eigenvalue weighted by Gasteiger charge is 2.54. The molecule has 0 radical (unpaired) electrons. The number of nitrogens with one attached hydrogen (secondary N) is 2. The van der Waals surface area contributed by atoms with E-state index in [4.69, 9.17) is 118 Å². The summed E-state index contributed by atoms with van der Waals surface area (Å²) in [5.41, 5.74) is 1.86. The maximum Gasteiger partial charge on any atom is 0.416 e. The van der Waals surface area contributed by atoms with Crippen molar-refractivity contribution in [1.29, 1.82) is 0 Å². The van der Waals surface area contributed by atoms with Crippen molar-refractivity contribution < 1.29 is 198 Å². The molecule has 17 atom stereocenters. The Morgan fingerprint density at radius 1 is 0.439 bits per heavy atom. The highest BCUT2D eigenvalue weighted by atomic mass is 16.7. The van der Waals surface area contributed by atoms with Crippen molar-refractivity contribution in [2.45, 2.75) is 163 Å². The molecule has 1 saturated carbocycles. The molecule has 6 heterocycles. The van der Waals surface area contributed by atoms with Crippen LogP contribution in [0.1, 0.15) is 96.1 Å². The van der Waals surface area contributed by atoms with Crippen LogP contribution in [0, 0.1) is 29.6 Å². The van der Waals surface area contributed by atoms with Gasteiger partial charge in [-0.2, -0.15) is 0 Å². The highest BCUT2D eigenvalue weighted by Crippen LogP contribution is 2.53. The number of hydrogen-bond acceptors (Lipinski definition) is 39. The number of carbonyl (C=O) groups excluding carboxylic acids is 6. The first-order valence-corrected chi connectivity index (χ1v) is 49.4. The number of unbranched alkanes of at least 4 members (excludes halogenated alkanes) is 2. The smallest absolute Gasteiger partial charge is 0.416 e. The minimum absolute atomic E-state index is 0.00990. The van der Waals surface area contributed by atoms with Crippen LogP contribution in [-0.2, 0) is 118 Å². The van der Waals surface area contributed by atoms with Crippen molar-refractivity contribution in [2.75, 3.05) is 242 Å². The lowest BCUT2D eigenvalue weighted by Gasteiger charge is -2.38. The summed E-state index contributed by atoms with van der Waals surface area (Å²) in [6, 6.07) is 14.2. The Bertz CT molecular complexity index is 4990. The van der Waals surface area contributed by atoms with E-state index in [1.165, 1.54) is 90.7 Å². The molecule has 12 rings (SSSR count). The van der Waals surface area contributed by atoms with Gasteiger partial charge in [-0.05, 0) is 110 Å². The number of aliphatic hydroxyl groups is 6. The van der Waals surface area contributed by atoms with Gasteiger partial charge in [-0.25, -0.2) is 33.8 Å². The molecular weight excluding hydrogens is 1950 g/mol. The Morgan fingerprint density at radius 2 is 0.851 bits per heavy atom. The lowest BCUT2D eigenvalue weighted by molar-refractivity contribution is -0.271. The molecular formula is C101H138N6O41. The molecule has 148 heavy (non-hydrogen) atoms. The maximum atomic E-state index is 15.6. The topological polar surface area (TPSA) is 566 Å². The predicted octanol–water partition coefficient (Wildman–Crippen LogP) is 4.37. The Kier molecular flexibility index (Phi) is 47.0. The standard InChI is InChI=1S/C101H138N6O41/c1-62-50-75-93(140-48-46-136-44-42-134-38-36-130-30-28-124-3)106(100(122)143-59-64-16-19-66(20-17-64)145-97-87(113)83(109)85(111)89(147-97)95(117)118)73-55-80(78(126-5)53-69(73)91(115)104(75)57-62)138-24-12-9-13-25-139-81-56-74-70(54-79(81)127-6)92(116)105-58-63(2)51-76(105)94(141-49-47-137-45-43-135-39-37-131-31-29-125-4)107(74)101(123)144-60-65-18-21-77(146-98-88(114)84(110)86(112)90(148-98)96(119)120)72(52-65)103-82(108)22-26-128-32-34-132-40-41-133-35-33-129-27-23-102-99(121)142-61-71-67-14-10-7-8-11-15-68(67)71/h16-21,52-56,67-68,71,75-76,83-90,93-94,97-98,109-114H,1-2,9-15,22-51,57-61H2,3-6H3,(H,102,121)(H,103,108)(H,117,118)(H,119,120)/t67-,68+,71?,75-,76-,83-,84-,85-,86-,87+,88+,89-,90-,93-,94-,97+,98+/m0/s1. The lowest BCUT2D eigenvalue weighted by atomic mass is 9.99. The third-order valence-electron chi connectivity index (χ3n) is 25.3. The second-order valence-corrected chi connectivity index (χ2v) is 35.6. The van der Waals surface area contributed by atoms with Crippen LogP contribution in [-0.4, -0.2) is 411 Å². The summed E-state index contributed by atoms with van der Waals surface area (Å²) in [4.78, 5) is 117. The molecule has 5 fully saturated rings. The van der Waals surface area contributed by atoms with Gasteiger partial charge in [0.1, 0.15) is 61.3 Å². The van der Waals surface area contributed by atoms with Gasteiger partial charge in [0.2, 0.25) is 18.5 Å². The average molecular weight is 2090 g/mol. The van der Waals surface area contributed by atoms with E-state index in [1.54, 1.807) is 24.0 Å². The second kappa shape index (κ2) is 60.1. The number of rotatable bonds is 64. The molecule has 47 nitrogen and oxygen atoms in total. The molecule has 2 aliphatic carbocycles. The SMILES string of the molecule is C=C1C[C@H]2[C@H](OCCOCCOCCOCCOC)N(C(=O)OCc3ccc(O[C@@H]4O[C@H](C(=O)O)[C@@H](O)[C@H](O)[C@H]4O)cc3)c3cc(OCCCCCOc4cc5c(cc4OC)C(=O)N4CC(=C)C[C@H]4[C@H](OCCOCCOCCOCCOC)N5C(=O)OCc4ccc(O[C@@H]5O[C@H](C(=O)O)[C@@H](O)[C@H](O)[C@H]5O)c(NC(=O)CCOCCOCCOCCOCCNC(=O)OCC5[C@H]6CCC#CCC[C@@H]56)c4)c(OC)cc3C(=O)N2C1. The molecule has 4 aromatic carbocycles. The van der Waals surface area contributed by atoms with Crippen molar-refractivity contribution in [2.24, 2.45) is 17.8 Å². The lowest BCUT2D eigenvalue weighted by Crippen LogP contribution is -2.61. The number of anilines is 3. The van der Waals surface area contributed by atoms with Crippen LogP contribution in [0.3, 0.4) is 0 Å². The molecule has 6 aliphatic heterocycles. The third kappa shape index (κ3) is 33.3. The van der Waals surface area contributed by atoms with Crippen molar-refractivity contribution in [3.8, 4) is 46.3 Å². The van der Waals surface area contributed by atoms with Gasteiger partial charge in [0.05, 0.1) is 239 Å². The summed E-state index contributed by atoms with van der Waals surface area (Å²) in [6.45, 7) is 13.4. The molecule has 0 spiro atoms. The minimum Gasteiger partial charge on any atom is -0.493 e. The zero-order valence-electron chi connectivity index (χ0n) is 83.6. The van der Waals surface area contributed by atoms with Crippen molar-refractivity contribution in [3.05, 3.63) is 113 Å². The zero-order chi connectivity index (χ0) is 105. The van der Waals surface area contributed by atoms with E-state index in [0.717, 1.165) is 25.7 Å². The van der Waals surface area contributed by atoms with E-state index in [-0.39, 0.29) is 233 Å². The van der Waals surface area contributed by atoms with Crippen LogP contribution in [0.25, 0.3) is 0 Å². The van der Waals surface area contributed by atoms with Gasteiger partial charge < -0.3 is 180 Å². The number of carbonyl (C=O) groups is 8. The minimum atomic E-state index is -2.07. The van der Waals surface area contributed by atoms with Crippen LogP contribution >= 0.6 is 0 Å². The van der Waals surface area contributed by atoms with E-state index < -0.39 is 140 Å². The van der Waals surface area contributed by atoms with Crippen molar-refractivity contribution >= 4 is 65.0 Å². The number of benzene rings is 4. The number of aliphatic carboxylic acids is 2. The van der Waals surface area contributed by atoms with Crippen molar-refractivity contribution in [3.63, 3.8) is 0 Å². The van der Waals surface area contributed by atoms with Gasteiger partial charge in [-0.1, -0.05) is 42.5 Å². The fraction of sp³-hybridized carbons (Fsp3) is 0.624. The number of aliphatic hydroxyl groups excluding tert-OH is 6. The first-order valence-electron chi connectivity index (χ1n) is 49.4. The number of nitrogens with zero attached hydrogens (tertiary/aromatic N) is 4. The predicted molar refractivity (Wildman–Crippen MR) is 517 cm³/mol. The molecule has 47 heteroatoms. The number of fused-ring (bicyclic) bond motifs is 5. The number of amides is 6. The second-order valence-electron chi connectivity index (χ2n) is 35.6. The molecule has 0 aromatic heterocycles. The highest BCUT2D eigenvalue weighted by molar-refractivity contribution is 6.07. The summed E-state index contributed by atoms with van der Waals surface area (Å²) in [7, 11) is 5.92. The number of carboxylic acid groups (broad SMARTS) is 2. The average Bonchev–Trinajstić information content (AvgIpc) is 1.60. The van der Waals surface area contributed by atoms with E-state index in [1.807, 2.05) is 0 Å². The van der Waals surface area contributed by atoms with E-state index in [2.05, 4.69) is 35.6 Å². The first kappa shape index (κ1) is 116. The van der Waals surface area contributed by atoms with Crippen LogP contribution < -0.4 is 48.9 Å². The van der Waals surface area contributed by atoms with Gasteiger partial charge in [-0.15, -0.1) is 11.8 Å². The van der Waals surface area contributed by atoms with Gasteiger partial charge in [0.25, 0.3) is 11.8 Å². The molecule has 8 aliphatic rings. The first-order chi connectivity index (χ1) is 71.8. The number of alkyl carbamates (subject to hydrolysis) is 1. The summed E-state index contributed by atoms with van der Waals surface area (Å²) >= 11 is 0. The van der Waals surface area contributed by atoms with Gasteiger partial charge in [0.15, 0.2) is 47.7 Å². The molecule has 10 N–H and O–H groups in total. The summed E-state index contributed by atoms with van der Waals surface area (Å²) < 4.78 is 145. The van der Waals surface area contributed by atoms with Crippen LogP contribution in [0.5, 0.6) is 34.5 Å². The number of ether oxygens (including phenoxy) is 25. The van der Waals surface area contributed by atoms with Crippen LogP contribution in [0.2, 0.25) is 0 Å². The number of hydrogen-bond donors (Lipinski definition) is 10. The number of methoxy groups -OCH3 is 4. The fourth-order valence-corrected chi connectivity index (χ4v) is 17.7. The van der Waals surface area contributed by atoms with E-state index >= 15 is 19.2 Å². The Hall–Kier alpha value is -11.0. The van der Waals surface area contributed by atoms with Gasteiger partial charge >= 0.3 is 30.2 Å². The normalized spacial score (nSPS) is 23.8. The molecule has 6 amide bonds. The molecule has 818 valence electrons. The van der Waals surface area contributed by atoms with E-state index in [0.29, 0.717) is 113 Å². The van der Waals surface area contributed by atoms with Gasteiger partial charge in [-0.3, -0.25) is 14.4 Å². The molecule has 4 aromatic rings. The Labute approximate surface area is 856 Å². The zero-order valence-corrected chi connectivity index (χ0v) is 83.6. The molecule has 1 unspecified atom stereocenters. The van der Waals surface area contributed by atoms with Crippen LogP contribution in [0.4, 0.5) is 31.4 Å². The molecule has 4 saturated heterocycles. The Balaban J connectivity index is 0.705. The quantitative estimate of drug-likeness (QED) is 0.0127. The monoisotopic (exact) mass is 2090 g/mol. The molecule has 0 bridgehead atoms. The van der Waals surface area contributed by atoms with Crippen LogP contribution in [0.15, 0.2) is 91.0 Å². The maximum absolute atomic E-state index is 15.6. The summed E-state index contributed by atoms with van der Waals surface area (Å²) in [5, 5.41) is 88.6. The van der Waals surface area contributed by atoms with E-state index in [9.17, 15) is 60.0 Å². The number of carboxylic acids is 2. The largest absolute Gasteiger partial charge is 0.493 e. The van der Waals surface area contributed by atoms with Gasteiger partial charge in [0, 0.05) is 58.8 Å². The van der Waals surface area contributed by atoms with Crippen molar-refractivity contribution in [1.82, 2.24) is 15.1 Å². The summed E-state index contributed by atoms with van der Waals surface area (Å²) in [5.74, 6) is 3.28. The summed E-state index contributed by atoms with van der Waals surface area (Å²) in [6.07, 6.45) is -19.3. The fourth-order valence-electron chi connectivity index (χ4n) is 17.7.